The standard InChI is InChI=1S/C14H18N2O4/c1-3-5-12(13(17)18)16-14(19)15-11-7-4-6-10(8-11)9-20-2/h3-4,6-8,12H,1,5,9H2,2H3,(H,17,18)(H2,15,16,19). The summed E-state index contributed by atoms with van der Waals surface area (Å²) in [5.41, 5.74) is 1.48. The molecule has 1 rings (SSSR count). The summed E-state index contributed by atoms with van der Waals surface area (Å²) in [5, 5.41) is 13.9. The lowest BCUT2D eigenvalue weighted by Crippen LogP contribution is -2.42. The molecule has 2 amide bonds. The third-order valence-corrected chi connectivity index (χ3v) is 2.50. The normalized spacial score (nSPS) is 11.4. The number of anilines is 1. The van der Waals surface area contributed by atoms with Crippen molar-refractivity contribution >= 4 is 17.7 Å². The minimum Gasteiger partial charge on any atom is -0.480 e. The lowest BCUT2D eigenvalue weighted by Gasteiger charge is -2.13. The van der Waals surface area contributed by atoms with E-state index in [1.54, 1.807) is 25.3 Å². The van der Waals surface area contributed by atoms with Gasteiger partial charge < -0.3 is 20.5 Å². The fourth-order valence-corrected chi connectivity index (χ4v) is 1.62. The van der Waals surface area contributed by atoms with Crippen LogP contribution < -0.4 is 10.6 Å². The Bertz CT molecular complexity index is 488. The van der Waals surface area contributed by atoms with Gasteiger partial charge in [-0.3, -0.25) is 0 Å². The monoisotopic (exact) mass is 278 g/mol. The second-order valence-electron chi connectivity index (χ2n) is 4.15. The second kappa shape index (κ2) is 7.96. The van der Waals surface area contributed by atoms with Crippen molar-refractivity contribution in [2.75, 3.05) is 12.4 Å². The molecule has 0 aromatic heterocycles. The van der Waals surface area contributed by atoms with E-state index in [4.69, 9.17) is 9.84 Å². The molecule has 6 nitrogen and oxygen atoms in total. The van der Waals surface area contributed by atoms with Crippen LogP contribution in [-0.2, 0) is 16.1 Å². The van der Waals surface area contributed by atoms with Crippen LogP contribution in [-0.4, -0.2) is 30.3 Å². The van der Waals surface area contributed by atoms with Crippen molar-refractivity contribution in [3.63, 3.8) is 0 Å². The average Bonchev–Trinajstić information content (AvgIpc) is 2.38. The van der Waals surface area contributed by atoms with Gasteiger partial charge in [-0.05, 0) is 24.1 Å². The molecule has 0 fully saturated rings. The van der Waals surface area contributed by atoms with Crippen LogP contribution in [0.15, 0.2) is 36.9 Å². The summed E-state index contributed by atoms with van der Waals surface area (Å²) in [6.45, 7) is 3.89. The van der Waals surface area contributed by atoms with Gasteiger partial charge in [0.2, 0.25) is 0 Å². The van der Waals surface area contributed by atoms with Crippen LogP contribution >= 0.6 is 0 Å². The molecule has 6 heteroatoms. The Kier molecular flexibility index (Phi) is 6.25. The second-order valence-corrected chi connectivity index (χ2v) is 4.15. The Balaban J connectivity index is 2.63. The van der Waals surface area contributed by atoms with Crippen LogP contribution in [0.5, 0.6) is 0 Å². The molecule has 1 unspecified atom stereocenters. The third-order valence-electron chi connectivity index (χ3n) is 2.50. The highest BCUT2D eigenvalue weighted by Gasteiger charge is 2.18. The summed E-state index contributed by atoms with van der Waals surface area (Å²) < 4.78 is 5.00. The van der Waals surface area contributed by atoms with E-state index in [2.05, 4.69) is 17.2 Å². The van der Waals surface area contributed by atoms with Gasteiger partial charge in [0.25, 0.3) is 0 Å². The Morgan fingerprint density at radius 1 is 1.50 bits per heavy atom. The molecule has 0 spiro atoms. The molecule has 0 bridgehead atoms. The molecule has 1 aromatic carbocycles. The number of carbonyl (C=O) groups is 2. The van der Waals surface area contributed by atoms with Crippen molar-refractivity contribution in [2.45, 2.75) is 19.1 Å². The maximum absolute atomic E-state index is 11.7. The predicted molar refractivity (Wildman–Crippen MR) is 75.5 cm³/mol. The molecule has 0 saturated carbocycles. The van der Waals surface area contributed by atoms with Crippen molar-refractivity contribution in [1.82, 2.24) is 5.32 Å². The molecular formula is C14H18N2O4. The van der Waals surface area contributed by atoms with Gasteiger partial charge in [0.1, 0.15) is 6.04 Å². The van der Waals surface area contributed by atoms with Gasteiger partial charge in [-0.2, -0.15) is 0 Å². The number of nitrogens with one attached hydrogen (secondary N) is 2. The van der Waals surface area contributed by atoms with E-state index in [-0.39, 0.29) is 6.42 Å². The van der Waals surface area contributed by atoms with Gasteiger partial charge in [0.05, 0.1) is 6.61 Å². The van der Waals surface area contributed by atoms with E-state index < -0.39 is 18.0 Å². The molecule has 0 aliphatic carbocycles. The van der Waals surface area contributed by atoms with Crippen molar-refractivity contribution < 1.29 is 19.4 Å². The van der Waals surface area contributed by atoms with Gasteiger partial charge in [-0.15, -0.1) is 6.58 Å². The smallest absolute Gasteiger partial charge is 0.326 e. The Labute approximate surface area is 117 Å². The molecule has 20 heavy (non-hydrogen) atoms. The molecule has 108 valence electrons. The first-order valence-corrected chi connectivity index (χ1v) is 6.06. The van der Waals surface area contributed by atoms with Crippen LogP contribution in [0.4, 0.5) is 10.5 Å². The van der Waals surface area contributed by atoms with Crippen molar-refractivity contribution in [2.24, 2.45) is 0 Å². The number of ether oxygens (including phenoxy) is 1. The summed E-state index contributed by atoms with van der Waals surface area (Å²) in [6.07, 6.45) is 1.60. The molecule has 0 radical (unpaired) electrons. The van der Waals surface area contributed by atoms with Crippen LogP contribution in [0, 0.1) is 0 Å². The fourth-order valence-electron chi connectivity index (χ4n) is 1.62. The Hall–Kier alpha value is -2.34. The minimum atomic E-state index is -1.10. The highest BCUT2D eigenvalue weighted by Crippen LogP contribution is 2.11. The molecule has 3 N–H and O–H groups in total. The quantitative estimate of drug-likeness (QED) is 0.665. The largest absolute Gasteiger partial charge is 0.480 e. The highest BCUT2D eigenvalue weighted by molar-refractivity contribution is 5.92. The first-order chi connectivity index (χ1) is 9.56. The van der Waals surface area contributed by atoms with Crippen LogP contribution in [0.25, 0.3) is 0 Å². The predicted octanol–water partition coefficient (Wildman–Crippen LogP) is 1.98. The van der Waals surface area contributed by atoms with Crippen LogP contribution in [0.3, 0.4) is 0 Å². The number of carboxylic acid groups (broad SMARTS) is 1. The zero-order valence-electron chi connectivity index (χ0n) is 11.3. The SMILES string of the molecule is C=CCC(NC(=O)Nc1cccc(COC)c1)C(=O)O. The average molecular weight is 278 g/mol. The number of carbonyl (C=O) groups excluding carboxylic acids is 1. The number of benzene rings is 1. The Morgan fingerprint density at radius 2 is 2.25 bits per heavy atom. The van der Waals surface area contributed by atoms with Gasteiger partial charge in [0.15, 0.2) is 0 Å². The van der Waals surface area contributed by atoms with Crippen molar-refractivity contribution in [1.29, 1.82) is 0 Å². The zero-order valence-corrected chi connectivity index (χ0v) is 11.3. The highest BCUT2D eigenvalue weighted by atomic mass is 16.5. The van der Waals surface area contributed by atoms with Crippen LogP contribution in [0.2, 0.25) is 0 Å². The van der Waals surface area contributed by atoms with Crippen LogP contribution in [0.1, 0.15) is 12.0 Å². The number of hydrogen-bond donors (Lipinski definition) is 3. The maximum atomic E-state index is 11.7. The van der Waals surface area contributed by atoms with E-state index in [1.165, 1.54) is 6.08 Å². The topological polar surface area (TPSA) is 87.7 Å². The fraction of sp³-hybridized carbons (Fsp3) is 0.286. The van der Waals surface area contributed by atoms with Gasteiger partial charge in [0, 0.05) is 12.8 Å². The summed E-state index contributed by atoms with van der Waals surface area (Å²) in [4.78, 5) is 22.6. The number of methoxy groups -OCH3 is 1. The van der Waals surface area contributed by atoms with E-state index >= 15 is 0 Å². The zero-order chi connectivity index (χ0) is 15.0. The van der Waals surface area contributed by atoms with Crippen molar-refractivity contribution in [3.8, 4) is 0 Å². The molecule has 0 saturated heterocycles. The number of urea groups is 1. The van der Waals surface area contributed by atoms with E-state index in [0.717, 1.165) is 5.56 Å². The number of amides is 2. The number of aliphatic carboxylic acids is 1. The number of hydrogen-bond acceptors (Lipinski definition) is 3. The summed E-state index contributed by atoms with van der Waals surface area (Å²) >= 11 is 0. The van der Waals surface area contributed by atoms with E-state index in [0.29, 0.717) is 12.3 Å². The Morgan fingerprint density at radius 3 is 2.85 bits per heavy atom. The van der Waals surface area contributed by atoms with E-state index in [9.17, 15) is 9.59 Å². The molecule has 0 aliphatic rings. The lowest BCUT2D eigenvalue weighted by molar-refractivity contribution is -0.139. The molecule has 0 heterocycles. The van der Waals surface area contributed by atoms with Crippen molar-refractivity contribution in [3.05, 3.63) is 42.5 Å². The molecule has 1 atom stereocenters. The maximum Gasteiger partial charge on any atom is 0.326 e. The third kappa shape index (κ3) is 5.11. The summed E-state index contributed by atoms with van der Waals surface area (Å²) in [7, 11) is 1.58. The summed E-state index contributed by atoms with van der Waals surface area (Å²) in [5.74, 6) is -1.10. The molecule has 0 aliphatic heterocycles. The van der Waals surface area contributed by atoms with Gasteiger partial charge in [-0.1, -0.05) is 18.2 Å². The summed E-state index contributed by atoms with van der Waals surface area (Å²) in [6, 6.07) is 5.55. The minimum absolute atomic E-state index is 0.159. The molecular weight excluding hydrogens is 260 g/mol. The van der Waals surface area contributed by atoms with E-state index in [1.807, 2.05) is 6.07 Å². The lowest BCUT2D eigenvalue weighted by atomic mass is 10.2. The molecule has 1 aromatic rings. The first-order valence-electron chi connectivity index (χ1n) is 6.06. The first kappa shape index (κ1) is 15.7. The number of carboxylic acids is 1. The van der Waals surface area contributed by atoms with Gasteiger partial charge in [-0.25, -0.2) is 9.59 Å². The van der Waals surface area contributed by atoms with Gasteiger partial charge >= 0.3 is 12.0 Å². The number of rotatable bonds is 7.